The van der Waals surface area contributed by atoms with Crippen molar-refractivity contribution in [1.29, 1.82) is 0 Å². The molecule has 108 valence electrons. The quantitative estimate of drug-likeness (QED) is 0.861. The summed E-state index contributed by atoms with van der Waals surface area (Å²) in [7, 11) is 0. The second-order valence-corrected chi connectivity index (χ2v) is 5.88. The van der Waals surface area contributed by atoms with E-state index in [9.17, 15) is 4.79 Å². The van der Waals surface area contributed by atoms with Crippen LogP contribution in [0.5, 0.6) is 5.75 Å². The van der Waals surface area contributed by atoms with Crippen molar-refractivity contribution in [2.45, 2.75) is 44.2 Å². The molecule has 4 nitrogen and oxygen atoms in total. The molecule has 3 atom stereocenters. The summed E-state index contributed by atoms with van der Waals surface area (Å²) < 4.78 is 5.68. The van der Waals surface area contributed by atoms with Gasteiger partial charge in [0.1, 0.15) is 12.4 Å². The fourth-order valence-corrected chi connectivity index (χ4v) is 3.14. The molecule has 1 aliphatic carbocycles. The summed E-state index contributed by atoms with van der Waals surface area (Å²) in [5.74, 6) is 0.895. The molecule has 0 aromatic heterocycles. The maximum Gasteiger partial charge on any atom is 0.227 e. The lowest BCUT2D eigenvalue weighted by molar-refractivity contribution is -0.127. The zero-order valence-electron chi connectivity index (χ0n) is 11.7. The summed E-state index contributed by atoms with van der Waals surface area (Å²) in [4.78, 5) is 12.4. The average molecular weight is 274 g/mol. The van der Waals surface area contributed by atoms with E-state index in [4.69, 9.17) is 10.5 Å². The lowest BCUT2D eigenvalue weighted by Crippen LogP contribution is -2.52. The summed E-state index contributed by atoms with van der Waals surface area (Å²) in [5, 5.41) is 3.13. The molecular weight excluding hydrogens is 252 g/mol. The molecule has 1 amide bonds. The molecular formula is C16H22N2O2. The van der Waals surface area contributed by atoms with Crippen molar-refractivity contribution >= 4 is 5.91 Å². The van der Waals surface area contributed by atoms with E-state index in [0.717, 1.165) is 37.0 Å². The molecule has 3 N–H and O–H groups in total. The highest BCUT2D eigenvalue weighted by molar-refractivity contribution is 5.80. The third-order valence-electron chi connectivity index (χ3n) is 4.40. The normalized spacial score (nSPS) is 29.1. The summed E-state index contributed by atoms with van der Waals surface area (Å²) >= 11 is 0. The maximum atomic E-state index is 12.4. The number of nitrogens with two attached hydrogens (primary N) is 1. The number of fused-ring (bicyclic) bond motifs is 1. The number of carbonyl (C=O) groups is 1. The van der Waals surface area contributed by atoms with Gasteiger partial charge in [0.15, 0.2) is 0 Å². The van der Waals surface area contributed by atoms with Crippen LogP contribution in [0.3, 0.4) is 0 Å². The Morgan fingerprint density at radius 2 is 2.05 bits per heavy atom. The van der Waals surface area contributed by atoms with E-state index in [2.05, 4.69) is 5.32 Å². The molecule has 1 aromatic rings. The van der Waals surface area contributed by atoms with Gasteiger partial charge in [-0.15, -0.1) is 0 Å². The topological polar surface area (TPSA) is 64.3 Å². The van der Waals surface area contributed by atoms with Crippen LogP contribution in [0.2, 0.25) is 0 Å². The minimum Gasteiger partial charge on any atom is -0.492 e. The number of para-hydroxylation sites is 1. The van der Waals surface area contributed by atoms with Gasteiger partial charge in [-0.05, 0) is 30.9 Å². The fourth-order valence-electron chi connectivity index (χ4n) is 3.14. The number of ether oxygens (including phenoxy) is 1. The Balaban J connectivity index is 1.61. The molecule has 20 heavy (non-hydrogen) atoms. The number of rotatable bonds is 2. The van der Waals surface area contributed by atoms with E-state index in [0.29, 0.717) is 6.61 Å². The Bertz CT molecular complexity index is 489. The lowest BCUT2D eigenvalue weighted by Gasteiger charge is -2.32. The first-order chi connectivity index (χ1) is 9.74. The fraction of sp³-hybridized carbons (Fsp3) is 0.562. The Morgan fingerprint density at radius 3 is 2.90 bits per heavy atom. The number of hydrogen-bond acceptors (Lipinski definition) is 3. The van der Waals surface area contributed by atoms with Gasteiger partial charge in [0.05, 0.1) is 5.92 Å². The number of nitrogens with one attached hydrogen (secondary N) is 1. The van der Waals surface area contributed by atoms with Gasteiger partial charge in [0.2, 0.25) is 5.91 Å². The monoisotopic (exact) mass is 274 g/mol. The number of carbonyl (C=O) groups excluding carboxylic acids is 1. The van der Waals surface area contributed by atoms with Crippen LogP contribution in [0.25, 0.3) is 0 Å². The van der Waals surface area contributed by atoms with E-state index in [1.807, 2.05) is 24.3 Å². The van der Waals surface area contributed by atoms with Crippen LogP contribution in [-0.2, 0) is 11.2 Å². The van der Waals surface area contributed by atoms with Crippen molar-refractivity contribution in [2.75, 3.05) is 6.61 Å². The summed E-state index contributed by atoms with van der Waals surface area (Å²) in [6.07, 6.45) is 5.09. The number of benzene rings is 1. The molecule has 1 aliphatic heterocycles. The van der Waals surface area contributed by atoms with Crippen LogP contribution in [0.1, 0.15) is 31.2 Å². The van der Waals surface area contributed by atoms with Gasteiger partial charge in [0, 0.05) is 12.1 Å². The minimum absolute atomic E-state index is 0.0850. The summed E-state index contributed by atoms with van der Waals surface area (Å²) in [5.41, 5.74) is 7.20. The molecule has 3 rings (SSSR count). The Morgan fingerprint density at radius 1 is 1.25 bits per heavy atom. The van der Waals surface area contributed by atoms with Gasteiger partial charge < -0.3 is 15.8 Å². The van der Waals surface area contributed by atoms with Crippen LogP contribution in [0.15, 0.2) is 24.3 Å². The van der Waals surface area contributed by atoms with Gasteiger partial charge in [-0.1, -0.05) is 31.0 Å². The van der Waals surface area contributed by atoms with Crippen molar-refractivity contribution in [3.8, 4) is 5.75 Å². The predicted molar refractivity (Wildman–Crippen MR) is 77.5 cm³/mol. The number of amides is 1. The van der Waals surface area contributed by atoms with Crippen LogP contribution < -0.4 is 15.8 Å². The average Bonchev–Trinajstić information content (AvgIpc) is 2.49. The highest BCUT2D eigenvalue weighted by Crippen LogP contribution is 2.27. The standard InChI is InChI=1S/C16H22N2O2/c17-13-6-2-3-7-14(13)18-16(19)12-9-11-5-1-4-8-15(11)20-10-12/h1,4-5,8,12-14H,2-3,6-7,9-10,17H2,(H,18,19). The largest absolute Gasteiger partial charge is 0.492 e. The van der Waals surface area contributed by atoms with Crippen LogP contribution in [-0.4, -0.2) is 24.6 Å². The molecule has 1 saturated carbocycles. The van der Waals surface area contributed by atoms with Crippen LogP contribution in [0, 0.1) is 5.92 Å². The smallest absolute Gasteiger partial charge is 0.227 e. The van der Waals surface area contributed by atoms with E-state index < -0.39 is 0 Å². The molecule has 0 saturated heterocycles. The molecule has 1 aromatic carbocycles. The molecule has 1 fully saturated rings. The van der Waals surface area contributed by atoms with Gasteiger partial charge in [-0.3, -0.25) is 4.79 Å². The van der Waals surface area contributed by atoms with Crippen LogP contribution >= 0.6 is 0 Å². The van der Waals surface area contributed by atoms with Gasteiger partial charge >= 0.3 is 0 Å². The summed E-state index contributed by atoms with van der Waals surface area (Å²) in [6, 6.07) is 8.17. The first-order valence-electron chi connectivity index (χ1n) is 7.50. The Hall–Kier alpha value is -1.55. The lowest BCUT2D eigenvalue weighted by atomic mass is 9.89. The van der Waals surface area contributed by atoms with Crippen LogP contribution in [0.4, 0.5) is 0 Å². The van der Waals surface area contributed by atoms with Crippen molar-refractivity contribution in [1.82, 2.24) is 5.32 Å². The molecule has 0 spiro atoms. The molecule has 0 bridgehead atoms. The van der Waals surface area contributed by atoms with E-state index in [1.165, 1.54) is 6.42 Å². The van der Waals surface area contributed by atoms with E-state index in [1.54, 1.807) is 0 Å². The Kier molecular flexibility index (Phi) is 3.92. The van der Waals surface area contributed by atoms with Gasteiger partial charge in [-0.2, -0.15) is 0 Å². The zero-order chi connectivity index (χ0) is 13.9. The second-order valence-electron chi connectivity index (χ2n) is 5.88. The minimum atomic E-state index is -0.0981. The van der Waals surface area contributed by atoms with E-state index >= 15 is 0 Å². The zero-order valence-corrected chi connectivity index (χ0v) is 11.7. The molecule has 0 radical (unpaired) electrons. The third kappa shape index (κ3) is 2.80. The highest BCUT2D eigenvalue weighted by Gasteiger charge is 2.29. The van der Waals surface area contributed by atoms with E-state index in [-0.39, 0.29) is 23.9 Å². The number of hydrogen-bond donors (Lipinski definition) is 2. The third-order valence-corrected chi connectivity index (χ3v) is 4.40. The summed E-state index contributed by atoms with van der Waals surface area (Å²) in [6.45, 7) is 0.463. The first-order valence-corrected chi connectivity index (χ1v) is 7.50. The SMILES string of the molecule is NC1CCCCC1NC(=O)C1COc2ccccc2C1. The molecule has 1 heterocycles. The Labute approximate surface area is 119 Å². The molecule has 3 unspecified atom stereocenters. The predicted octanol–water partition coefficient (Wildman–Crippen LogP) is 1.62. The molecule has 4 heteroatoms. The van der Waals surface area contributed by atoms with Crippen molar-refractivity contribution in [3.05, 3.63) is 29.8 Å². The van der Waals surface area contributed by atoms with Crippen molar-refractivity contribution < 1.29 is 9.53 Å². The second kappa shape index (κ2) is 5.83. The maximum absolute atomic E-state index is 12.4. The highest BCUT2D eigenvalue weighted by atomic mass is 16.5. The van der Waals surface area contributed by atoms with Crippen molar-refractivity contribution in [2.24, 2.45) is 11.7 Å². The van der Waals surface area contributed by atoms with Gasteiger partial charge in [-0.25, -0.2) is 0 Å². The van der Waals surface area contributed by atoms with Gasteiger partial charge in [0.25, 0.3) is 0 Å². The molecule has 2 aliphatic rings. The van der Waals surface area contributed by atoms with Crippen molar-refractivity contribution in [3.63, 3.8) is 0 Å². The first kappa shape index (κ1) is 13.4.